The molecular formula is C12H24N2O. The fraction of sp³-hybridized carbons (Fsp3) is 1.00. The van der Waals surface area contributed by atoms with E-state index in [0.717, 1.165) is 25.4 Å². The van der Waals surface area contributed by atoms with Crippen LogP contribution >= 0.6 is 0 Å². The summed E-state index contributed by atoms with van der Waals surface area (Å²) in [6.45, 7) is 3.25. The highest BCUT2D eigenvalue weighted by molar-refractivity contribution is 4.96. The molecule has 1 aliphatic carbocycles. The van der Waals surface area contributed by atoms with Crippen molar-refractivity contribution in [3.63, 3.8) is 0 Å². The van der Waals surface area contributed by atoms with E-state index in [1.165, 1.54) is 38.8 Å². The highest BCUT2D eigenvalue weighted by Crippen LogP contribution is 2.36. The van der Waals surface area contributed by atoms with Crippen LogP contribution in [0.15, 0.2) is 0 Å². The third-order valence-corrected chi connectivity index (χ3v) is 3.81. The molecule has 0 aromatic carbocycles. The Labute approximate surface area is 92.8 Å². The zero-order chi connectivity index (χ0) is 10.7. The number of aliphatic hydroxyl groups is 1. The Morgan fingerprint density at radius 2 is 1.87 bits per heavy atom. The summed E-state index contributed by atoms with van der Waals surface area (Å²) in [6.07, 6.45) is 7.13. The van der Waals surface area contributed by atoms with E-state index in [4.69, 9.17) is 0 Å². The summed E-state index contributed by atoms with van der Waals surface area (Å²) >= 11 is 0. The van der Waals surface area contributed by atoms with Crippen molar-refractivity contribution in [2.24, 2.45) is 0 Å². The Hall–Kier alpha value is -0.120. The molecule has 3 nitrogen and oxygen atoms in total. The van der Waals surface area contributed by atoms with Crippen molar-refractivity contribution >= 4 is 0 Å². The van der Waals surface area contributed by atoms with E-state index in [-0.39, 0.29) is 5.60 Å². The van der Waals surface area contributed by atoms with Gasteiger partial charge in [-0.3, -0.25) is 0 Å². The van der Waals surface area contributed by atoms with Gasteiger partial charge in [-0.05, 0) is 58.7 Å². The minimum absolute atomic E-state index is 0.304. The zero-order valence-electron chi connectivity index (χ0n) is 9.84. The number of likely N-dealkylation sites (tertiary alicyclic amines) is 1. The second-order valence-corrected chi connectivity index (χ2v) is 5.27. The smallest absolute Gasteiger partial charge is 0.0776 e. The fourth-order valence-corrected chi connectivity index (χ4v) is 2.54. The van der Waals surface area contributed by atoms with Gasteiger partial charge >= 0.3 is 0 Å². The maximum Gasteiger partial charge on any atom is 0.0776 e. The molecule has 0 aromatic heterocycles. The molecule has 0 radical (unpaired) electrons. The molecule has 0 unspecified atom stereocenters. The van der Waals surface area contributed by atoms with Crippen LogP contribution in [0.1, 0.15) is 38.5 Å². The molecule has 1 saturated carbocycles. The van der Waals surface area contributed by atoms with Gasteiger partial charge in [0.25, 0.3) is 0 Å². The molecule has 1 heterocycles. The van der Waals surface area contributed by atoms with Gasteiger partial charge in [-0.1, -0.05) is 0 Å². The Kier molecular flexibility index (Phi) is 3.65. The van der Waals surface area contributed by atoms with Gasteiger partial charge in [0.2, 0.25) is 0 Å². The number of nitrogens with one attached hydrogen (secondary N) is 1. The van der Waals surface area contributed by atoms with E-state index in [2.05, 4.69) is 17.3 Å². The lowest BCUT2D eigenvalue weighted by Crippen LogP contribution is -2.38. The average Bonchev–Trinajstić information content (AvgIpc) is 2.89. The molecule has 2 rings (SSSR count). The molecule has 2 fully saturated rings. The van der Waals surface area contributed by atoms with Gasteiger partial charge in [0, 0.05) is 12.6 Å². The molecule has 0 atom stereocenters. The van der Waals surface area contributed by atoms with Crippen LogP contribution in [0.4, 0.5) is 0 Å². The molecule has 0 spiro atoms. The van der Waals surface area contributed by atoms with Crippen LogP contribution in [-0.2, 0) is 0 Å². The van der Waals surface area contributed by atoms with Gasteiger partial charge in [0.15, 0.2) is 0 Å². The average molecular weight is 212 g/mol. The summed E-state index contributed by atoms with van der Waals surface area (Å²) in [7, 11) is 2.07. The van der Waals surface area contributed by atoms with E-state index in [1.807, 2.05) is 0 Å². The molecule has 15 heavy (non-hydrogen) atoms. The lowest BCUT2D eigenvalue weighted by atomic mass is 10.0. The minimum atomic E-state index is -0.304. The van der Waals surface area contributed by atoms with Crippen LogP contribution in [0.3, 0.4) is 0 Å². The molecule has 1 aliphatic heterocycles. The summed E-state index contributed by atoms with van der Waals surface area (Å²) in [6, 6.07) is 0.719. The highest BCUT2D eigenvalue weighted by atomic mass is 16.3. The predicted octanol–water partition coefficient (Wildman–Crippen LogP) is 0.975. The summed E-state index contributed by atoms with van der Waals surface area (Å²) in [5.41, 5.74) is -0.304. The lowest BCUT2D eigenvalue weighted by Gasteiger charge is -2.29. The molecule has 1 saturated heterocycles. The topological polar surface area (TPSA) is 35.5 Å². The summed E-state index contributed by atoms with van der Waals surface area (Å²) < 4.78 is 0. The molecular weight excluding hydrogens is 188 g/mol. The van der Waals surface area contributed by atoms with Crippen LogP contribution in [0, 0.1) is 0 Å². The SMILES string of the molecule is CNC1CCCN(CC2(O)CC2)CCC1. The van der Waals surface area contributed by atoms with Gasteiger partial charge in [-0.25, -0.2) is 0 Å². The van der Waals surface area contributed by atoms with Gasteiger partial charge < -0.3 is 15.3 Å². The first kappa shape index (κ1) is 11.4. The first-order valence-electron chi connectivity index (χ1n) is 6.34. The van der Waals surface area contributed by atoms with Crippen LogP contribution < -0.4 is 5.32 Å². The minimum Gasteiger partial charge on any atom is -0.389 e. The van der Waals surface area contributed by atoms with E-state index >= 15 is 0 Å². The first-order chi connectivity index (χ1) is 7.22. The van der Waals surface area contributed by atoms with Crippen LogP contribution in [0.5, 0.6) is 0 Å². The Morgan fingerprint density at radius 3 is 2.33 bits per heavy atom. The van der Waals surface area contributed by atoms with Crippen molar-refractivity contribution in [1.82, 2.24) is 10.2 Å². The second kappa shape index (κ2) is 4.81. The van der Waals surface area contributed by atoms with Crippen LogP contribution in [-0.4, -0.2) is 48.3 Å². The predicted molar refractivity (Wildman–Crippen MR) is 61.9 cm³/mol. The maximum atomic E-state index is 9.89. The summed E-state index contributed by atoms with van der Waals surface area (Å²) in [4.78, 5) is 2.46. The standard InChI is InChI=1S/C12H24N2O/c1-13-11-4-2-8-14(9-3-5-11)10-12(15)6-7-12/h11,13,15H,2-10H2,1H3. The molecule has 2 aliphatic rings. The van der Waals surface area contributed by atoms with Crippen molar-refractivity contribution in [1.29, 1.82) is 0 Å². The number of hydrogen-bond acceptors (Lipinski definition) is 3. The molecule has 0 amide bonds. The first-order valence-corrected chi connectivity index (χ1v) is 6.34. The van der Waals surface area contributed by atoms with Gasteiger partial charge in [0.05, 0.1) is 5.60 Å². The molecule has 88 valence electrons. The number of hydrogen-bond donors (Lipinski definition) is 2. The zero-order valence-corrected chi connectivity index (χ0v) is 9.84. The van der Waals surface area contributed by atoms with E-state index in [1.54, 1.807) is 0 Å². The molecule has 0 aromatic rings. The largest absolute Gasteiger partial charge is 0.389 e. The highest BCUT2D eigenvalue weighted by Gasteiger charge is 2.41. The number of nitrogens with zero attached hydrogens (tertiary/aromatic N) is 1. The van der Waals surface area contributed by atoms with Crippen molar-refractivity contribution in [2.45, 2.75) is 50.2 Å². The monoisotopic (exact) mass is 212 g/mol. The van der Waals surface area contributed by atoms with Gasteiger partial charge in [-0.15, -0.1) is 0 Å². The summed E-state index contributed by atoms with van der Waals surface area (Å²) in [5, 5.41) is 13.3. The van der Waals surface area contributed by atoms with Gasteiger partial charge in [-0.2, -0.15) is 0 Å². The Morgan fingerprint density at radius 1 is 1.27 bits per heavy atom. The van der Waals surface area contributed by atoms with Crippen molar-refractivity contribution in [2.75, 3.05) is 26.7 Å². The van der Waals surface area contributed by atoms with E-state index < -0.39 is 0 Å². The molecule has 3 heteroatoms. The van der Waals surface area contributed by atoms with E-state index in [0.29, 0.717) is 0 Å². The van der Waals surface area contributed by atoms with E-state index in [9.17, 15) is 5.11 Å². The fourth-order valence-electron chi connectivity index (χ4n) is 2.54. The maximum absolute atomic E-state index is 9.89. The third kappa shape index (κ3) is 3.44. The van der Waals surface area contributed by atoms with Crippen molar-refractivity contribution in [3.8, 4) is 0 Å². The lowest BCUT2D eigenvalue weighted by molar-refractivity contribution is 0.0860. The molecule has 0 bridgehead atoms. The Balaban J connectivity index is 1.73. The van der Waals surface area contributed by atoms with Crippen LogP contribution in [0.25, 0.3) is 0 Å². The number of rotatable bonds is 3. The second-order valence-electron chi connectivity index (χ2n) is 5.27. The molecule has 2 N–H and O–H groups in total. The quantitative estimate of drug-likeness (QED) is 0.732. The third-order valence-electron chi connectivity index (χ3n) is 3.81. The van der Waals surface area contributed by atoms with Crippen LogP contribution in [0.2, 0.25) is 0 Å². The normalized spacial score (nSPS) is 28.4. The van der Waals surface area contributed by atoms with Crippen molar-refractivity contribution < 1.29 is 5.11 Å². The Bertz CT molecular complexity index is 194. The summed E-state index contributed by atoms with van der Waals surface area (Å²) in [5.74, 6) is 0. The number of β-amino-alcohol motifs (C(OH)–C–C–N with tert-alkyl or cyclic N) is 1. The van der Waals surface area contributed by atoms with Crippen molar-refractivity contribution in [3.05, 3.63) is 0 Å². The van der Waals surface area contributed by atoms with Gasteiger partial charge in [0.1, 0.15) is 0 Å².